The summed E-state index contributed by atoms with van der Waals surface area (Å²) in [6, 6.07) is -0.364. The molecular formula is C12H16N6O3. The summed E-state index contributed by atoms with van der Waals surface area (Å²) < 4.78 is 2.31. The second kappa shape index (κ2) is 4.47. The molecule has 0 saturated carbocycles. The molecule has 1 atom stereocenters. The molecule has 9 heteroatoms. The van der Waals surface area contributed by atoms with Crippen LogP contribution in [0.3, 0.4) is 0 Å². The molecule has 1 unspecified atom stereocenters. The Balaban J connectivity index is 2.05. The van der Waals surface area contributed by atoms with Gasteiger partial charge in [-0.25, -0.2) is 4.79 Å². The summed E-state index contributed by atoms with van der Waals surface area (Å²) in [7, 11) is 4.69. The minimum Gasteiger partial charge on any atom is -0.344 e. The summed E-state index contributed by atoms with van der Waals surface area (Å²) in [6.45, 7) is 0.678. The number of rotatable bonds is 2. The van der Waals surface area contributed by atoms with Crippen LogP contribution in [0.4, 0.5) is 5.95 Å². The number of hydrogen-bond donors (Lipinski definition) is 2. The Hall–Kier alpha value is -2.58. The molecule has 1 amide bonds. The molecule has 2 N–H and O–H groups in total. The van der Waals surface area contributed by atoms with E-state index in [-0.39, 0.29) is 23.1 Å². The molecule has 0 spiro atoms. The first-order chi connectivity index (χ1) is 9.90. The standard InChI is InChI=1S/C12H16N6O3/c1-16-5-4-6(9(16)19)13-11-14-7-8(15-11)17(2)12(21)18(3)10(7)20/h6H,4-5H2,1-3H3,(H2,13,14,15). The molecule has 0 aromatic carbocycles. The molecule has 112 valence electrons. The van der Waals surface area contributed by atoms with Crippen LogP contribution >= 0.6 is 0 Å². The Morgan fingerprint density at radius 1 is 1.19 bits per heavy atom. The Bertz CT molecular complexity index is 845. The predicted octanol–water partition coefficient (Wildman–Crippen LogP) is -1.40. The third-order valence-electron chi connectivity index (χ3n) is 3.83. The van der Waals surface area contributed by atoms with Crippen molar-refractivity contribution in [1.29, 1.82) is 0 Å². The van der Waals surface area contributed by atoms with Gasteiger partial charge in [0.1, 0.15) is 6.04 Å². The number of amides is 1. The number of nitrogens with one attached hydrogen (secondary N) is 2. The van der Waals surface area contributed by atoms with Crippen LogP contribution in [0.25, 0.3) is 11.2 Å². The van der Waals surface area contributed by atoms with E-state index in [9.17, 15) is 14.4 Å². The molecule has 0 aliphatic carbocycles. The van der Waals surface area contributed by atoms with Crippen molar-refractivity contribution >= 4 is 23.0 Å². The molecule has 0 bridgehead atoms. The van der Waals surface area contributed by atoms with E-state index in [4.69, 9.17) is 0 Å². The average molecular weight is 292 g/mol. The highest BCUT2D eigenvalue weighted by Crippen LogP contribution is 2.15. The maximum Gasteiger partial charge on any atom is 0.332 e. The molecule has 1 aliphatic rings. The minimum absolute atomic E-state index is 0.0164. The van der Waals surface area contributed by atoms with Crippen LogP contribution in [0.5, 0.6) is 0 Å². The van der Waals surface area contributed by atoms with Crippen LogP contribution in [0.15, 0.2) is 9.59 Å². The van der Waals surface area contributed by atoms with Crippen LogP contribution in [-0.4, -0.2) is 49.5 Å². The van der Waals surface area contributed by atoms with Crippen molar-refractivity contribution in [2.45, 2.75) is 12.5 Å². The molecule has 0 radical (unpaired) electrons. The number of hydrogen-bond acceptors (Lipinski definition) is 5. The van der Waals surface area contributed by atoms with Crippen molar-refractivity contribution in [2.24, 2.45) is 14.1 Å². The summed E-state index contributed by atoms with van der Waals surface area (Å²) >= 11 is 0. The van der Waals surface area contributed by atoms with E-state index in [0.717, 1.165) is 4.57 Å². The lowest BCUT2D eigenvalue weighted by Gasteiger charge is -2.10. The van der Waals surface area contributed by atoms with Gasteiger partial charge in [-0.2, -0.15) is 4.98 Å². The number of imidazole rings is 1. The maximum atomic E-state index is 12.0. The van der Waals surface area contributed by atoms with E-state index >= 15 is 0 Å². The quantitative estimate of drug-likeness (QED) is 0.708. The highest BCUT2D eigenvalue weighted by molar-refractivity contribution is 5.86. The van der Waals surface area contributed by atoms with Crippen molar-refractivity contribution < 1.29 is 4.79 Å². The number of aryl methyl sites for hydroxylation is 1. The van der Waals surface area contributed by atoms with Crippen LogP contribution in [0, 0.1) is 0 Å². The summed E-state index contributed by atoms with van der Waals surface area (Å²) in [4.78, 5) is 44.4. The lowest BCUT2D eigenvalue weighted by molar-refractivity contribution is -0.127. The third-order valence-corrected chi connectivity index (χ3v) is 3.83. The van der Waals surface area contributed by atoms with Crippen molar-refractivity contribution in [3.63, 3.8) is 0 Å². The molecule has 1 saturated heterocycles. The second-order valence-corrected chi connectivity index (χ2v) is 5.24. The van der Waals surface area contributed by atoms with Gasteiger partial charge in [-0.15, -0.1) is 0 Å². The topological polar surface area (TPSA) is 105 Å². The van der Waals surface area contributed by atoms with Crippen LogP contribution in [-0.2, 0) is 18.9 Å². The van der Waals surface area contributed by atoms with Crippen LogP contribution in [0.1, 0.15) is 6.42 Å². The summed E-state index contributed by atoms with van der Waals surface area (Å²) in [6.07, 6.45) is 0.670. The van der Waals surface area contributed by atoms with Crippen LogP contribution < -0.4 is 16.6 Å². The van der Waals surface area contributed by atoms with Gasteiger partial charge < -0.3 is 15.2 Å². The van der Waals surface area contributed by atoms with Gasteiger partial charge in [-0.3, -0.25) is 18.7 Å². The minimum atomic E-state index is -0.442. The number of H-pyrrole nitrogens is 1. The maximum absolute atomic E-state index is 12.0. The van der Waals surface area contributed by atoms with E-state index in [2.05, 4.69) is 15.3 Å². The zero-order valence-electron chi connectivity index (χ0n) is 12.0. The monoisotopic (exact) mass is 292 g/mol. The highest BCUT2D eigenvalue weighted by Gasteiger charge is 2.29. The average Bonchev–Trinajstić information content (AvgIpc) is 3.02. The zero-order valence-corrected chi connectivity index (χ0v) is 12.0. The third kappa shape index (κ3) is 1.92. The fraction of sp³-hybridized carbons (Fsp3) is 0.500. The molecule has 1 fully saturated rings. The van der Waals surface area contributed by atoms with Crippen LogP contribution in [0.2, 0.25) is 0 Å². The summed E-state index contributed by atoms with van der Waals surface area (Å²) in [5.74, 6) is 0.300. The Kier molecular flexibility index (Phi) is 2.85. The molecule has 2 aromatic rings. The van der Waals surface area contributed by atoms with Crippen molar-refractivity contribution in [3.05, 3.63) is 20.8 Å². The van der Waals surface area contributed by atoms with Gasteiger partial charge in [-0.05, 0) is 6.42 Å². The number of aromatic amines is 1. The van der Waals surface area contributed by atoms with Crippen molar-refractivity contribution in [2.75, 3.05) is 18.9 Å². The molecule has 2 aromatic heterocycles. The van der Waals surface area contributed by atoms with E-state index in [1.54, 1.807) is 19.0 Å². The van der Waals surface area contributed by atoms with Gasteiger partial charge in [-0.1, -0.05) is 0 Å². The van der Waals surface area contributed by atoms with Gasteiger partial charge in [0.25, 0.3) is 5.56 Å². The first-order valence-electron chi connectivity index (χ1n) is 6.57. The molecule has 3 heterocycles. The van der Waals surface area contributed by atoms with E-state index < -0.39 is 11.2 Å². The molecule has 1 aliphatic heterocycles. The number of aromatic nitrogens is 4. The smallest absolute Gasteiger partial charge is 0.332 e. The van der Waals surface area contributed by atoms with Crippen molar-refractivity contribution in [3.8, 4) is 0 Å². The zero-order chi connectivity index (χ0) is 15.3. The Morgan fingerprint density at radius 3 is 2.52 bits per heavy atom. The van der Waals surface area contributed by atoms with Crippen molar-refractivity contribution in [1.82, 2.24) is 24.0 Å². The number of carbonyl (C=O) groups excluding carboxylic acids is 1. The van der Waals surface area contributed by atoms with E-state index in [0.29, 0.717) is 18.9 Å². The molecular weight excluding hydrogens is 276 g/mol. The SMILES string of the molecule is CN1CCC(Nc2nc3c([nH]2)c(=O)n(C)c(=O)n3C)C1=O. The first-order valence-corrected chi connectivity index (χ1v) is 6.57. The normalized spacial score (nSPS) is 18.7. The molecule has 9 nitrogen and oxygen atoms in total. The summed E-state index contributed by atoms with van der Waals surface area (Å²) in [5.41, 5.74) is -0.379. The first kappa shape index (κ1) is 13.4. The lowest BCUT2D eigenvalue weighted by atomic mass is 10.2. The van der Waals surface area contributed by atoms with Gasteiger partial charge >= 0.3 is 5.69 Å². The number of fused-ring (bicyclic) bond motifs is 1. The lowest BCUT2D eigenvalue weighted by Crippen LogP contribution is -2.36. The molecule has 3 rings (SSSR count). The van der Waals surface area contributed by atoms with E-state index in [1.807, 2.05) is 0 Å². The number of likely N-dealkylation sites (tertiary alicyclic amines) is 1. The van der Waals surface area contributed by atoms with Gasteiger partial charge in [0.2, 0.25) is 11.9 Å². The predicted molar refractivity (Wildman–Crippen MR) is 76.2 cm³/mol. The number of nitrogens with zero attached hydrogens (tertiary/aromatic N) is 4. The Morgan fingerprint density at radius 2 is 1.90 bits per heavy atom. The van der Waals surface area contributed by atoms with Gasteiger partial charge in [0, 0.05) is 27.7 Å². The van der Waals surface area contributed by atoms with E-state index in [1.165, 1.54) is 11.6 Å². The van der Waals surface area contributed by atoms with Gasteiger partial charge in [0.05, 0.1) is 0 Å². The fourth-order valence-electron chi connectivity index (χ4n) is 2.52. The number of carbonyl (C=O) groups is 1. The van der Waals surface area contributed by atoms with Gasteiger partial charge in [0.15, 0.2) is 11.2 Å². The largest absolute Gasteiger partial charge is 0.344 e. The fourth-order valence-corrected chi connectivity index (χ4v) is 2.52. The second-order valence-electron chi connectivity index (χ2n) is 5.24. The number of likely N-dealkylation sites (N-methyl/N-ethyl adjacent to an activating group) is 1. The Labute approximate surface area is 119 Å². The molecule has 21 heavy (non-hydrogen) atoms. The summed E-state index contributed by atoms with van der Waals surface area (Å²) in [5, 5.41) is 2.98. The highest BCUT2D eigenvalue weighted by atomic mass is 16.2. The number of anilines is 1.